The fourth-order valence-electron chi connectivity index (χ4n) is 3.72. The van der Waals surface area contributed by atoms with Crippen molar-refractivity contribution >= 4 is 11.6 Å². The summed E-state index contributed by atoms with van der Waals surface area (Å²) in [5.41, 5.74) is 3.39. The summed E-state index contributed by atoms with van der Waals surface area (Å²) in [6.45, 7) is 6.93. The summed E-state index contributed by atoms with van der Waals surface area (Å²) in [5.74, 6) is 0.311. The molecule has 1 aromatic carbocycles. The van der Waals surface area contributed by atoms with E-state index >= 15 is 0 Å². The van der Waals surface area contributed by atoms with Crippen LogP contribution in [0.4, 0.5) is 5.69 Å². The summed E-state index contributed by atoms with van der Waals surface area (Å²) >= 11 is 0. The van der Waals surface area contributed by atoms with Gasteiger partial charge in [-0.05, 0) is 49.9 Å². The van der Waals surface area contributed by atoms with E-state index in [0.29, 0.717) is 5.91 Å². The zero-order chi connectivity index (χ0) is 13.5. The van der Waals surface area contributed by atoms with E-state index < -0.39 is 0 Å². The second-order valence-corrected chi connectivity index (χ2v) is 5.79. The molecular weight excluding hydrogens is 236 g/mol. The maximum absolute atomic E-state index is 13.0. The molecule has 1 saturated heterocycles. The average molecular weight is 258 g/mol. The Labute approximate surface area is 115 Å². The molecule has 3 heteroatoms. The number of benzene rings is 1. The molecule has 0 aliphatic carbocycles. The molecule has 3 nitrogen and oxygen atoms in total. The van der Waals surface area contributed by atoms with Crippen LogP contribution in [0.15, 0.2) is 18.2 Å². The third kappa shape index (κ3) is 1.71. The number of amides is 1. The van der Waals surface area contributed by atoms with E-state index in [-0.39, 0.29) is 5.41 Å². The van der Waals surface area contributed by atoms with Gasteiger partial charge in [0, 0.05) is 18.8 Å². The highest BCUT2D eigenvalue weighted by atomic mass is 16.2. The number of nitrogens with one attached hydrogen (secondary N) is 1. The van der Waals surface area contributed by atoms with Gasteiger partial charge in [0.2, 0.25) is 5.91 Å². The molecule has 1 N–H and O–H groups in total. The van der Waals surface area contributed by atoms with Crippen LogP contribution in [0.3, 0.4) is 0 Å². The lowest BCUT2D eigenvalue weighted by atomic mass is 9.74. The summed E-state index contributed by atoms with van der Waals surface area (Å²) in [6, 6.07) is 6.32. The van der Waals surface area contributed by atoms with Gasteiger partial charge in [-0.25, -0.2) is 0 Å². The van der Waals surface area contributed by atoms with Crippen molar-refractivity contribution in [3.05, 3.63) is 29.3 Å². The van der Waals surface area contributed by atoms with Crippen molar-refractivity contribution in [1.82, 2.24) is 5.32 Å². The molecule has 2 heterocycles. The standard InChI is InChI=1S/C16H22N2O/c1-3-10-18-13-7-4-6-12(2)14(13)16(15(18)19)8-5-9-17-11-16/h4,6-7,17H,3,5,8-11H2,1-2H3/t16-/m1/s1. The topological polar surface area (TPSA) is 32.3 Å². The summed E-state index contributed by atoms with van der Waals surface area (Å²) in [4.78, 5) is 15.0. The first-order valence-corrected chi connectivity index (χ1v) is 7.33. The predicted molar refractivity (Wildman–Crippen MR) is 77.6 cm³/mol. The third-order valence-electron chi connectivity index (χ3n) is 4.51. The molecule has 1 amide bonds. The van der Waals surface area contributed by atoms with Crippen LogP contribution < -0.4 is 10.2 Å². The molecule has 1 fully saturated rings. The van der Waals surface area contributed by atoms with Crippen molar-refractivity contribution < 1.29 is 4.79 Å². The quantitative estimate of drug-likeness (QED) is 0.883. The second kappa shape index (κ2) is 4.64. The Morgan fingerprint density at radius 1 is 1.42 bits per heavy atom. The largest absolute Gasteiger partial charge is 0.315 e. The molecule has 0 aromatic heterocycles. The van der Waals surface area contributed by atoms with Gasteiger partial charge in [0.25, 0.3) is 0 Å². The van der Waals surface area contributed by atoms with E-state index in [4.69, 9.17) is 0 Å². The number of fused-ring (bicyclic) bond motifs is 2. The van der Waals surface area contributed by atoms with Crippen LogP contribution in [0.1, 0.15) is 37.3 Å². The zero-order valence-electron chi connectivity index (χ0n) is 11.8. The van der Waals surface area contributed by atoms with E-state index in [1.54, 1.807) is 0 Å². The molecule has 0 unspecified atom stereocenters. The molecule has 2 aliphatic rings. The van der Waals surface area contributed by atoms with Crippen LogP contribution in [0.2, 0.25) is 0 Å². The Morgan fingerprint density at radius 3 is 2.95 bits per heavy atom. The molecule has 1 aromatic rings. The molecule has 1 spiro atoms. The molecule has 1 atom stereocenters. The van der Waals surface area contributed by atoms with E-state index in [0.717, 1.165) is 44.6 Å². The first-order chi connectivity index (χ1) is 9.20. The normalized spacial score (nSPS) is 26.0. The minimum absolute atomic E-state index is 0.298. The molecule has 102 valence electrons. The minimum Gasteiger partial charge on any atom is -0.315 e. The van der Waals surface area contributed by atoms with Crippen molar-refractivity contribution in [1.29, 1.82) is 0 Å². The number of nitrogens with zero attached hydrogens (tertiary/aromatic N) is 1. The Morgan fingerprint density at radius 2 is 2.26 bits per heavy atom. The summed E-state index contributed by atoms with van der Waals surface area (Å²) < 4.78 is 0. The highest BCUT2D eigenvalue weighted by Gasteiger charge is 2.51. The maximum atomic E-state index is 13.0. The van der Waals surface area contributed by atoms with Gasteiger partial charge in [-0.1, -0.05) is 19.1 Å². The number of carbonyl (C=O) groups is 1. The van der Waals surface area contributed by atoms with Gasteiger partial charge in [-0.3, -0.25) is 4.79 Å². The zero-order valence-corrected chi connectivity index (χ0v) is 11.8. The molecule has 19 heavy (non-hydrogen) atoms. The molecule has 0 radical (unpaired) electrons. The minimum atomic E-state index is -0.298. The van der Waals surface area contributed by atoms with E-state index in [2.05, 4.69) is 37.4 Å². The van der Waals surface area contributed by atoms with Gasteiger partial charge < -0.3 is 10.2 Å². The number of carbonyl (C=O) groups excluding carboxylic acids is 1. The average Bonchev–Trinajstić information content (AvgIpc) is 2.64. The molecule has 0 saturated carbocycles. The van der Waals surface area contributed by atoms with Crippen molar-refractivity contribution in [2.45, 2.75) is 38.5 Å². The highest BCUT2D eigenvalue weighted by Crippen LogP contribution is 2.47. The van der Waals surface area contributed by atoms with Crippen molar-refractivity contribution in [3.63, 3.8) is 0 Å². The van der Waals surface area contributed by atoms with E-state index in [1.165, 1.54) is 11.1 Å². The Balaban J connectivity index is 2.15. The fourth-order valence-corrected chi connectivity index (χ4v) is 3.72. The molecular formula is C16H22N2O. The summed E-state index contributed by atoms with van der Waals surface area (Å²) in [6.07, 6.45) is 3.07. The first kappa shape index (κ1) is 12.7. The SMILES string of the molecule is CCCN1C(=O)[C@@]2(CCCNC2)c2c(C)cccc21. The summed E-state index contributed by atoms with van der Waals surface area (Å²) in [5, 5.41) is 3.43. The number of rotatable bonds is 2. The number of anilines is 1. The first-order valence-electron chi connectivity index (χ1n) is 7.33. The smallest absolute Gasteiger partial charge is 0.239 e. The molecule has 2 aliphatic heterocycles. The van der Waals surface area contributed by atoms with Crippen LogP contribution in [0.5, 0.6) is 0 Å². The van der Waals surface area contributed by atoms with Crippen LogP contribution in [0, 0.1) is 6.92 Å². The fraction of sp³-hybridized carbons (Fsp3) is 0.562. The van der Waals surface area contributed by atoms with Gasteiger partial charge >= 0.3 is 0 Å². The van der Waals surface area contributed by atoms with Gasteiger partial charge in [-0.15, -0.1) is 0 Å². The lowest BCUT2D eigenvalue weighted by Crippen LogP contribution is -2.50. The maximum Gasteiger partial charge on any atom is 0.239 e. The Bertz CT molecular complexity index is 503. The monoisotopic (exact) mass is 258 g/mol. The van der Waals surface area contributed by atoms with E-state index in [1.807, 2.05) is 4.90 Å². The lowest BCUT2D eigenvalue weighted by Gasteiger charge is -2.33. The molecule has 3 rings (SSSR count). The Kier molecular flexibility index (Phi) is 3.09. The van der Waals surface area contributed by atoms with Crippen molar-refractivity contribution in [3.8, 4) is 0 Å². The Hall–Kier alpha value is -1.35. The number of hydrogen-bond acceptors (Lipinski definition) is 2. The van der Waals surface area contributed by atoms with Gasteiger partial charge in [0.15, 0.2) is 0 Å². The highest BCUT2D eigenvalue weighted by molar-refractivity contribution is 6.08. The third-order valence-corrected chi connectivity index (χ3v) is 4.51. The van der Waals surface area contributed by atoms with Gasteiger partial charge in [-0.2, -0.15) is 0 Å². The number of hydrogen-bond donors (Lipinski definition) is 1. The van der Waals surface area contributed by atoms with Crippen LogP contribution >= 0.6 is 0 Å². The summed E-state index contributed by atoms with van der Waals surface area (Å²) in [7, 11) is 0. The van der Waals surface area contributed by atoms with Gasteiger partial charge in [0.05, 0.1) is 5.41 Å². The van der Waals surface area contributed by atoms with Crippen molar-refractivity contribution in [2.24, 2.45) is 0 Å². The number of piperidine rings is 1. The molecule has 0 bridgehead atoms. The number of aryl methyl sites for hydroxylation is 1. The second-order valence-electron chi connectivity index (χ2n) is 5.79. The van der Waals surface area contributed by atoms with Crippen LogP contribution in [-0.2, 0) is 10.2 Å². The van der Waals surface area contributed by atoms with Crippen LogP contribution in [0.25, 0.3) is 0 Å². The van der Waals surface area contributed by atoms with E-state index in [9.17, 15) is 4.79 Å². The predicted octanol–water partition coefficient (Wildman–Crippen LogP) is 2.37. The van der Waals surface area contributed by atoms with Gasteiger partial charge in [0.1, 0.15) is 0 Å². The van der Waals surface area contributed by atoms with Crippen molar-refractivity contribution in [2.75, 3.05) is 24.5 Å². The van der Waals surface area contributed by atoms with Crippen LogP contribution in [-0.4, -0.2) is 25.5 Å². The lowest BCUT2D eigenvalue weighted by molar-refractivity contribution is -0.123.